The Kier molecular flexibility index (Phi) is 3.89. The van der Waals surface area contributed by atoms with Gasteiger partial charge in [0.25, 0.3) is 10.0 Å². The third-order valence-corrected chi connectivity index (χ3v) is 4.11. The monoisotopic (exact) mass is 295 g/mol. The molecular formula is C13H14FN3O2S. The number of benzene rings is 1. The van der Waals surface area contributed by atoms with Gasteiger partial charge >= 0.3 is 0 Å². The van der Waals surface area contributed by atoms with E-state index in [0.29, 0.717) is 11.3 Å². The summed E-state index contributed by atoms with van der Waals surface area (Å²) in [4.78, 5) is 3.75. The van der Waals surface area contributed by atoms with Gasteiger partial charge in [-0.2, -0.15) is 0 Å². The molecule has 1 heterocycles. The Morgan fingerprint density at radius 1 is 1.20 bits per heavy atom. The first-order chi connectivity index (χ1) is 9.44. The lowest BCUT2D eigenvalue weighted by Gasteiger charge is -2.12. The van der Waals surface area contributed by atoms with Crippen molar-refractivity contribution in [2.75, 3.05) is 17.1 Å². The summed E-state index contributed by atoms with van der Waals surface area (Å²) in [7, 11) is -2.31. The van der Waals surface area contributed by atoms with Crippen LogP contribution >= 0.6 is 0 Å². The zero-order chi connectivity index (χ0) is 14.8. The van der Waals surface area contributed by atoms with Gasteiger partial charge in [0.2, 0.25) is 0 Å². The number of anilines is 2. The zero-order valence-corrected chi connectivity index (χ0v) is 11.8. The molecular weight excluding hydrogens is 281 g/mol. The van der Waals surface area contributed by atoms with Gasteiger partial charge in [-0.1, -0.05) is 6.07 Å². The highest BCUT2D eigenvalue weighted by Crippen LogP contribution is 2.24. The Labute approximate surface area is 116 Å². The lowest BCUT2D eigenvalue weighted by atomic mass is 10.2. The van der Waals surface area contributed by atoms with Crippen LogP contribution in [0.1, 0.15) is 5.56 Å². The summed E-state index contributed by atoms with van der Waals surface area (Å²) < 4.78 is 40.5. The molecule has 1 aromatic heterocycles. The summed E-state index contributed by atoms with van der Waals surface area (Å²) in [6.07, 6.45) is 2.68. The molecule has 0 aliphatic heterocycles. The average Bonchev–Trinajstić information content (AvgIpc) is 2.42. The number of nitrogens with zero attached hydrogens (tertiary/aromatic N) is 1. The van der Waals surface area contributed by atoms with Gasteiger partial charge in [-0.25, -0.2) is 12.8 Å². The van der Waals surface area contributed by atoms with Gasteiger partial charge in [0.15, 0.2) is 0 Å². The molecule has 20 heavy (non-hydrogen) atoms. The molecule has 2 N–H and O–H groups in total. The maximum Gasteiger partial charge on any atom is 0.265 e. The summed E-state index contributed by atoms with van der Waals surface area (Å²) in [5.74, 6) is -0.622. The maximum atomic E-state index is 13.7. The van der Waals surface area contributed by atoms with Crippen LogP contribution in [-0.4, -0.2) is 20.4 Å². The highest BCUT2D eigenvalue weighted by Gasteiger charge is 2.20. The molecule has 0 amide bonds. The van der Waals surface area contributed by atoms with Crippen molar-refractivity contribution in [3.05, 3.63) is 48.0 Å². The normalized spacial score (nSPS) is 11.2. The summed E-state index contributed by atoms with van der Waals surface area (Å²) in [6, 6.07) is 5.81. The van der Waals surface area contributed by atoms with Crippen LogP contribution < -0.4 is 10.0 Å². The molecule has 0 aliphatic carbocycles. The predicted molar refractivity (Wildman–Crippen MR) is 75.7 cm³/mol. The minimum absolute atomic E-state index is 0.0394. The first kappa shape index (κ1) is 14.3. The van der Waals surface area contributed by atoms with Crippen LogP contribution in [0.25, 0.3) is 0 Å². The summed E-state index contributed by atoms with van der Waals surface area (Å²) >= 11 is 0. The molecule has 0 aliphatic rings. The molecule has 2 rings (SSSR count). The molecule has 0 radical (unpaired) electrons. The fourth-order valence-electron chi connectivity index (χ4n) is 1.70. The van der Waals surface area contributed by atoms with Gasteiger partial charge < -0.3 is 5.32 Å². The molecule has 0 saturated heterocycles. The van der Waals surface area contributed by atoms with E-state index in [-0.39, 0.29) is 10.6 Å². The van der Waals surface area contributed by atoms with E-state index in [1.165, 1.54) is 30.6 Å². The van der Waals surface area contributed by atoms with Gasteiger partial charge in [0.1, 0.15) is 10.7 Å². The molecule has 0 atom stereocenters. The van der Waals surface area contributed by atoms with Crippen molar-refractivity contribution in [3.8, 4) is 0 Å². The average molecular weight is 295 g/mol. The van der Waals surface area contributed by atoms with E-state index >= 15 is 0 Å². The number of aryl methyl sites for hydroxylation is 1. The fraction of sp³-hybridized carbons (Fsp3) is 0.154. The fourth-order valence-corrected chi connectivity index (χ4v) is 2.93. The Morgan fingerprint density at radius 3 is 2.60 bits per heavy atom. The Balaban J connectivity index is 2.41. The lowest BCUT2D eigenvalue weighted by Crippen LogP contribution is -2.16. The van der Waals surface area contributed by atoms with Gasteiger partial charge in [-0.3, -0.25) is 9.71 Å². The number of halogens is 1. The molecule has 7 heteroatoms. The van der Waals surface area contributed by atoms with Crippen molar-refractivity contribution < 1.29 is 12.8 Å². The van der Waals surface area contributed by atoms with Gasteiger partial charge in [-0.15, -0.1) is 0 Å². The number of pyridine rings is 1. The number of rotatable bonds is 4. The molecule has 0 spiro atoms. The third kappa shape index (κ3) is 2.88. The zero-order valence-electron chi connectivity index (χ0n) is 11.0. The van der Waals surface area contributed by atoms with Gasteiger partial charge in [0.05, 0.1) is 11.4 Å². The molecule has 0 bridgehead atoms. The van der Waals surface area contributed by atoms with Crippen molar-refractivity contribution in [1.82, 2.24) is 4.98 Å². The summed E-state index contributed by atoms with van der Waals surface area (Å²) in [5, 5.41) is 2.76. The van der Waals surface area contributed by atoms with Crippen molar-refractivity contribution >= 4 is 21.4 Å². The minimum Gasteiger partial charge on any atom is -0.387 e. The summed E-state index contributed by atoms with van der Waals surface area (Å²) in [5.41, 5.74) is 1.00. The van der Waals surface area contributed by atoms with Crippen molar-refractivity contribution in [1.29, 1.82) is 0 Å². The molecule has 0 fully saturated rings. The van der Waals surface area contributed by atoms with Crippen LogP contribution in [-0.2, 0) is 10.0 Å². The second kappa shape index (κ2) is 5.46. The van der Waals surface area contributed by atoms with Crippen LogP contribution in [0.3, 0.4) is 0 Å². The van der Waals surface area contributed by atoms with Crippen molar-refractivity contribution in [3.63, 3.8) is 0 Å². The van der Waals surface area contributed by atoms with E-state index < -0.39 is 15.8 Å². The first-order valence-corrected chi connectivity index (χ1v) is 7.33. The highest BCUT2D eigenvalue weighted by atomic mass is 32.2. The van der Waals surface area contributed by atoms with E-state index in [2.05, 4.69) is 15.0 Å². The molecule has 0 saturated carbocycles. The molecule has 106 valence electrons. The number of sulfonamides is 1. The van der Waals surface area contributed by atoms with Crippen LogP contribution in [0.2, 0.25) is 0 Å². The number of hydrogen-bond acceptors (Lipinski definition) is 4. The van der Waals surface area contributed by atoms with Crippen molar-refractivity contribution in [2.45, 2.75) is 11.8 Å². The maximum absolute atomic E-state index is 13.7. The van der Waals surface area contributed by atoms with Gasteiger partial charge in [-0.05, 0) is 30.7 Å². The quantitative estimate of drug-likeness (QED) is 0.908. The van der Waals surface area contributed by atoms with Crippen molar-refractivity contribution in [2.24, 2.45) is 0 Å². The Hall–Kier alpha value is -2.15. The topological polar surface area (TPSA) is 71.1 Å². The minimum atomic E-state index is -3.91. The van der Waals surface area contributed by atoms with E-state index in [9.17, 15) is 12.8 Å². The lowest BCUT2D eigenvalue weighted by molar-refractivity contribution is 0.598. The van der Waals surface area contributed by atoms with E-state index in [0.717, 1.165) is 0 Å². The largest absolute Gasteiger partial charge is 0.387 e. The van der Waals surface area contributed by atoms with E-state index in [1.54, 1.807) is 20.0 Å². The second-order valence-corrected chi connectivity index (χ2v) is 5.86. The van der Waals surface area contributed by atoms with Gasteiger partial charge in [0, 0.05) is 19.4 Å². The smallest absolute Gasteiger partial charge is 0.265 e. The molecule has 1 aromatic carbocycles. The third-order valence-electron chi connectivity index (χ3n) is 2.71. The van der Waals surface area contributed by atoms with Crippen LogP contribution in [0.4, 0.5) is 15.8 Å². The second-order valence-electron chi connectivity index (χ2n) is 4.21. The molecule has 0 unspecified atom stereocenters. The standard InChI is InChI=1S/C13H14FN3O2S/c1-9-3-4-11(10(14)7-9)17-20(18,19)13-8-16-6-5-12(13)15-2/h3-8,17H,1-2H3,(H,15,16). The summed E-state index contributed by atoms with van der Waals surface area (Å²) in [6.45, 7) is 1.72. The first-order valence-electron chi connectivity index (χ1n) is 5.85. The highest BCUT2D eigenvalue weighted by molar-refractivity contribution is 7.92. The number of aromatic nitrogens is 1. The number of hydrogen-bond donors (Lipinski definition) is 2. The Morgan fingerprint density at radius 2 is 1.95 bits per heavy atom. The Bertz CT molecular complexity index is 732. The van der Waals surface area contributed by atoms with E-state index in [4.69, 9.17) is 0 Å². The predicted octanol–water partition coefficient (Wildman–Crippen LogP) is 2.37. The van der Waals surface area contributed by atoms with Crippen LogP contribution in [0.5, 0.6) is 0 Å². The van der Waals surface area contributed by atoms with Crippen LogP contribution in [0.15, 0.2) is 41.6 Å². The SMILES string of the molecule is CNc1ccncc1S(=O)(=O)Nc1ccc(C)cc1F. The van der Waals surface area contributed by atoms with E-state index in [1.807, 2.05) is 0 Å². The van der Waals surface area contributed by atoms with Crippen LogP contribution in [0, 0.1) is 12.7 Å². The molecule has 5 nitrogen and oxygen atoms in total. The molecule has 2 aromatic rings. The number of nitrogens with one attached hydrogen (secondary N) is 2.